The highest BCUT2D eigenvalue weighted by molar-refractivity contribution is 5.85. The van der Waals surface area contributed by atoms with Crippen molar-refractivity contribution in [2.45, 2.75) is 32.1 Å². The van der Waals surface area contributed by atoms with Gasteiger partial charge in [0.2, 0.25) is 5.91 Å². The maximum atomic E-state index is 12.4. The summed E-state index contributed by atoms with van der Waals surface area (Å²) in [4.78, 5) is 12.4. The summed E-state index contributed by atoms with van der Waals surface area (Å²) < 4.78 is 0. The fourth-order valence-corrected chi connectivity index (χ4v) is 2.58. The quantitative estimate of drug-likeness (QED) is 0.793. The van der Waals surface area contributed by atoms with Gasteiger partial charge in [-0.2, -0.15) is 0 Å². The molecule has 0 spiro atoms. The summed E-state index contributed by atoms with van der Waals surface area (Å²) in [6.45, 7) is 4.74. The lowest BCUT2D eigenvalue weighted by atomic mass is 9.93. The predicted molar refractivity (Wildman–Crippen MR) is 89.9 cm³/mol. The number of carbonyl (C=O) groups is 1. The SMILES string of the molecule is CCCC(C(=O)NCC1=CCNCC1)c1ccccc1.Cl. The molecule has 0 bridgehead atoms. The molecule has 0 fully saturated rings. The lowest BCUT2D eigenvalue weighted by Crippen LogP contribution is -2.33. The van der Waals surface area contributed by atoms with E-state index in [1.807, 2.05) is 30.3 Å². The third kappa shape index (κ3) is 5.52. The van der Waals surface area contributed by atoms with E-state index < -0.39 is 0 Å². The molecule has 0 saturated carbocycles. The molecule has 1 atom stereocenters. The van der Waals surface area contributed by atoms with Gasteiger partial charge in [-0.05, 0) is 24.9 Å². The first-order valence-corrected chi connectivity index (χ1v) is 7.52. The van der Waals surface area contributed by atoms with Crippen molar-refractivity contribution in [1.82, 2.24) is 10.6 Å². The zero-order chi connectivity index (χ0) is 14.2. The van der Waals surface area contributed by atoms with Crippen LogP contribution in [0, 0.1) is 0 Å². The first-order chi connectivity index (χ1) is 9.81. The molecular weight excluding hydrogens is 284 g/mol. The molecule has 4 heteroatoms. The van der Waals surface area contributed by atoms with Crippen molar-refractivity contribution in [2.24, 2.45) is 0 Å². The predicted octanol–water partition coefficient (Wildman–Crippen LogP) is 3.03. The number of amides is 1. The van der Waals surface area contributed by atoms with Crippen LogP contribution in [0.2, 0.25) is 0 Å². The van der Waals surface area contributed by atoms with Gasteiger partial charge in [0.15, 0.2) is 0 Å². The van der Waals surface area contributed by atoms with E-state index in [0.717, 1.165) is 37.9 Å². The standard InChI is InChI=1S/C17H24N2O.ClH/c1-2-6-16(15-7-4-3-5-8-15)17(20)19-13-14-9-11-18-12-10-14;/h3-5,7-9,16,18H,2,6,10-13H2,1H3,(H,19,20);1H. The Bertz CT molecular complexity index is 459. The second-order valence-electron chi connectivity index (χ2n) is 5.29. The van der Waals surface area contributed by atoms with Gasteiger partial charge in [-0.15, -0.1) is 12.4 Å². The van der Waals surface area contributed by atoms with Crippen LogP contribution < -0.4 is 10.6 Å². The van der Waals surface area contributed by atoms with Crippen LogP contribution >= 0.6 is 12.4 Å². The van der Waals surface area contributed by atoms with E-state index >= 15 is 0 Å². The average Bonchev–Trinajstić information content (AvgIpc) is 2.52. The number of hydrogen-bond donors (Lipinski definition) is 2. The van der Waals surface area contributed by atoms with Crippen LogP contribution in [0.4, 0.5) is 0 Å². The van der Waals surface area contributed by atoms with E-state index in [2.05, 4.69) is 23.6 Å². The molecule has 116 valence electrons. The molecule has 1 aliphatic heterocycles. The lowest BCUT2D eigenvalue weighted by molar-refractivity contribution is -0.122. The number of halogens is 1. The van der Waals surface area contributed by atoms with Gasteiger partial charge in [0.1, 0.15) is 0 Å². The Morgan fingerprint density at radius 1 is 1.33 bits per heavy atom. The summed E-state index contributed by atoms with van der Waals surface area (Å²) in [5.74, 6) is 0.126. The molecule has 1 aliphatic rings. The molecular formula is C17H25ClN2O. The topological polar surface area (TPSA) is 41.1 Å². The van der Waals surface area contributed by atoms with Crippen LogP contribution in [-0.4, -0.2) is 25.5 Å². The summed E-state index contributed by atoms with van der Waals surface area (Å²) in [7, 11) is 0. The van der Waals surface area contributed by atoms with Crippen LogP contribution in [0.1, 0.15) is 37.7 Å². The molecule has 0 radical (unpaired) electrons. The number of hydrogen-bond acceptors (Lipinski definition) is 2. The fraction of sp³-hybridized carbons (Fsp3) is 0.471. The summed E-state index contributed by atoms with van der Waals surface area (Å²) in [5, 5.41) is 6.38. The Morgan fingerprint density at radius 3 is 2.71 bits per heavy atom. The Kier molecular flexibility index (Phi) is 8.09. The van der Waals surface area contributed by atoms with E-state index in [-0.39, 0.29) is 24.2 Å². The Hall–Kier alpha value is -1.32. The zero-order valence-electron chi connectivity index (χ0n) is 12.6. The van der Waals surface area contributed by atoms with Gasteiger partial charge < -0.3 is 10.6 Å². The van der Waals surface area contributed by atoms with E-state index in [0.29, 0.717) is 6.54 Å². The first kappa shape index (κ1) is 17.7. The van der Waals surface area contributed by atoms with Crippen molar-refractivity contribution >= 4 is 18.3 Å². The fourth-order valence-electron chi connectivity index (χ4n) is 2.58. The zero-order valence-corrected chi connectivity index (χ0v) is 13.4. The monoisotopic (exact) mass is 308 g/mol. The summed E-state index contributed by atoms with van der Waals surface area (Å²) in [6.07, 6.45) is 5.13. The second-order valence-corrected chi connectivity index (χ2v) is 5.29. The van der Waals surface area contributed by atoms with Gasteiger partial charge in [-0.25, -0.2) is 0 Å². The number of nitrogens with one attached hydrogen (secondary N) is 2. The highest BCUT2D eigenvalue weighted by Crippen LogP contribution is 2.21. The number of rotatable bonds is 6. The van der Waals surface area contributed by atoms with Gasteiger partial charge in [0, 0.05) is 13.1 Å². The van der Waals surface area contributed by atoms with Gasteiger partial charge in [0.25, 0.3) is 0 Å². The molecule has 3 nitrogen and oxygen atoms in total. The number of carbonyl (C=O) groups excluding carboxylic acids is 1. The third-order valence-corrected chi connectivity index (χ3v) is 3.74. The summed E-state index contributed by atoms with van der Waals surface area (Å²) >= 11 is 0. The van der Waals surface area contributed by atoms with Gasteiger partial charge in [-0.3, -0.25) is 4.79 Å². The lowest BCUT2D eigenvalue weighted by Gasteiger charge is -2.19. The third-order valence-electron chi connectivity index (χ3n) is 3.74. The van der Waals surface area contributed by atoms with E-state index in [9.17, 15) is 4.79 Å². The first-order valence-electron chi connectivity index (χ1n) is 7.52. The van der Waals surface area contributed by atoms with Gasteiger partial charge >= 0.3 is 0 Å². The van der Waals surface area contributed by atoms with Gasteiger partial charge in [-0.1, -0.05) is 55.3 Å². The van der Waals surface area contributed by atoms with Crippen LogP contribution in [-0.2, 0) is 4.79 Å². The molecule has 1 unspecified atom stereocenters. The average molecular weight is 309 g/mol. The molecule has 0 aliphatic carbocycles. The molecule has 1 aromatic carbocycles. The van der Waals surface area contributed by atoms with Crippen molar-refractivity contribution in [3.8, 4) is 0 Å². The molecule has 2 rings (SSSR count). The molecule has 1 amide bonds. The van der Waals surface area contributed by atoms with Crippen molar-refractivity contribution in [3.63, 3.8) is 0 Å². The molecule has 2 N–H and O–H groups in total. The maximum absolute atomic E-state index is 12.4. The Morgan fingerprint density at radius 2 is 2.10 bits per heavy atom. The Labute approximate surface area is 133 Å². The van der Waals surface area contributed by atoms with Crippen LogP contribution in [0.5, 0.6) is 0 Å². The van der Waals surface area contributed by atoms with E-state index in [1.165, 1.54) is 5.57 Å². The van der Waals surface area contributed by atoms with Crippen molar-refractivity contribution in [3.05, 3.63) is 47.5 Å². The maximum Gasteiger partial charge on any atom is 0.227 e. The van der Waals surface area contributed by atoms with E-state index in [1.54, 1.807) is 0 Å². The van der Waals surface area contributed by atoms with Crippen molar-refractivity contribution in [2.75, 3.05) is 19.6 Å². The molecule has 0 aromatic heterocycles. The highest BCUT2D eigenvalue weighted by Gasteiger charge is 2.19. The molecule has 21 heavy (non-hydrogen) atoms. The van der Waals surface area contributed by atoms with Crippen LogP contribution in [0.15, 0.2) is 42.0 Å². The highest BCUT2D eigenvalue weighted by atomic mass is 35.5. The molecule has 1 aromatic rings. The smallest absolute Gasteiger partial charge is 0.227 e. The summed E-state index contributed by atoms with van der Waals surface area (Å²) in [5.41, 5.74) is 2.45. The summed E-state index contributed by atoms with van der Waals surface area (Å²) in [6, 6.07) is 10.1. The minimum absolute atomic E-state index is 0. The Balaban J connectivity index is 0.00000220. The minimum Gasteiger partial charge on any atom is -0.352 e. The molecule has 0 saturated heterocycles. The second kappa shape index (κ2) is 9.59. The van der Waals surface area contributed by atoms with Crippen LogP contribution in [0.25, 0.3) is 0 Å². The largest absolute Gasteiger partial charge is 0.352 e. The molecule has 1 heterocycles. The van der Waals surface area contributed by atoms with E-state index in [4.69, 9.17) is 0 Å². The van der Waals surface area contributed by atoms with Crippen molar-refractivity contribution in [1.29, 1.82) is 0 Å². The van der Waals surface area contributed by atoms with Crippen molar-refractivity contribution < 1.29 is 4.79 Å². The normalized spacial score (nSPS) is 15.6. The number of benzene rings is 1. The minimum atomic E-state index is -0.0245. The van der Waals surface area contributed by atoms with Crippen LogP contribution in [0.3, 0.4) is 0 Å². The van der Waals surface area contributed by atoms with Gasteiger partial charge in [0.05, 0.1) is 5.92 Å².